The van der Waals surface area contributed by atoms with Crippen molar-refractivity contribution < 1.29 is 9.50 Å². The average Bonchev–Trinajstić information content (AvgIpc) is 2.42. The van der Waals surface area contributed by atoms with Crippen molar-refractivity contribution in [2.45, 2.75) is 38.8 Å². The molecule has 0 fully saturated rings. The molecular formula is C15H25FN2O. The van der Waals surface area contributed by atoms with Gasteiger partial charge in [-0.25, -0.2) is 4.39 Å². The Labute approximate surface area is 115 Å². The first kappa shape index (κ1) is 16.1. The number of aliphatic hydroxyl groups excluding tert-OH is 1. The van der Waals surface area contributed by atoms with E-state index in [1.54, 1.807) is 12.1 Å². The molecule has 4 heteroatoms. The maximum atomic E-state index is 13.4. The minimum absolute atomic E-state index is 0.00255. The Morgan fingerprint density at radius 1 is 1.37 bits per heavy atom. The van der Waals surface area contributed by atoms with Crippen LogP contribution in [0.3, 0.4) is 0 Å². The molecule has 0 amide bonds. The molecule has 1 aromatic rings. The number of aliphatic hydroxyl groups is 1. The molecular weight excluding hydrogens is 243 g/mol. The third-order valence-electron chi connectivity index (χ3n) is 3.47. The molecule has 0 aliphatic carbocycles. The highest BCUT2D eigenvalue weighted by Gasteiger charge is 2.24. The lowest BCUT2D eigenvalue weighted by molar-refractivity contribution is 0.159. The predicted octanol–water partition coefficient (Wildman–Crippen LogP) is 2.31. The molecule has 0 radical (unpaired) electrons. The van der Waals surface area contributed by atoms with Crippen molar-refractivity contribution in [3.63, 3.8) is 0 Å². The molecule has 19 heavy (non-hydrogen) atoms. The summed E-state index contributed by atoms with van der Waals surface area (Å²) in [6, 6.07) is 6.60. The lowest BCUT2D eigenvalue weighted by Crippen LogP contribution is -2.41. The normalized spacial score (nSPS) is 14.6. The standard InChI is InChI=1S/C15H25FN2O/c1-3-14(17)15(18(4-2)9-6-10-19)12-7-5-8-13(16)11-12/h5,7-8,11,14-15,19H,3-4,6,9-10,17H2,1-2H3. The minimum atomic E-state index is -0.232. The van der Waals surface area contributed by atoms with Gasteiger partial charge < -0.3 is 10.8 Å². The molecule has 2 atom stereocenters. The van der Waals surface area contributed by atoms with E-state index in [0.717, 1.165) is 25.1 Å². The lowest BCUT2D eigenvalue weighted by Gasteiger charge is -2.35. The van der Waals surface area contributed by atoms with E-state index >= 15 is 0 Å². The van der Waals surface area contributed by atoms with Crippen molar-refractivity contribution in [2.24, 2.45) is 5.73 Å². The summed E-state index contributed by atoms with van der Waals surface area (Å²) in [6.07, 6.45) is 1.53. The highest BCUT2D eigenvalue weighted by atomic mass is 19.1. The lowest BCUT2D eigenvalue weighted by atomic mass is 9.96. The molecule has 0 aliphatic heterocycles. The van der Waals surface area contributed by atoms with E-state index in [2.05, 4.69) is 11.8 Å². The van der Waals surface area contributed by atoms with E-state index in [9.17, 15) is 4.39 Å². The van der Waals surface area contributed by atoms with Crippen LogP contribution in [0.5, 0.6) is 0 Å². The van der Waals surface area contributed by atoms with Gasteiger partial charge in [0.2, 0.25) is 0 Å². The molecule has 108 valence electrons. The third-order valence-corrected chi connectivity index (χ3v) is 3.47. The van der Waals surface area contributed by atoms with Gasteiger partial charge in [-0.05, 0) is 37.1 Å². The first-order valence-corrected chi connectivity index (χ1v) is 7.00. The fourth-order valence-corrected chi connectivity index (χ4v) is 2.41. The zero-order valence-electron chi connectivity index (χ0n) is 11.8. The smallest absolute Gasteiger partial charge is 0.123 e. The number of benzene rings is 1. The Kier molecular flexibility index (Phi) is 6.99. The van der Waals surface area contributed by atoms with Gasteiger partial charge in [0, 0.05) is 25.2 Å². The van der Waals surface area contributed by atoms with Crippen LogP contribution in [-0.4, -0.2) is 35.7 Å². The Bertz CT molecular complexity index is 373. The van der Waals surface area contributed by atoms with E-state index in [-0.39, 0.29) is 24.5 Å². The van der Waals surface area contributed by atoms with Crippen LogP contribution in [0.1, 0.15) is 38.3 Å². The van der Waals surface area contributed by atoms with Gasteiger partial charge in [0.15, 0.2) is 0 Å². The van der Waals surface area contributed by atoms with Gasteiger partial charge in [0.25, 0.3) is 0 Å². The Balaban J connectivity index is 2.98. The molecule has 0 saturated heterocycles. The largest absolute Gasteiger partial charge is 0.396 e. The van der Waals surface area contributed by atoms with Gasteiger partial charge in [-0.2, -0.15) is 0 Å². The van der Waals surface area contributed by atoms with E-state index < -0.39 is 0 Å². The summed E-state index contributed by atoms with van der Waals surface area (Å²) >= 11 is 0. The second-order valence-electron chi connectivity index (χ2n) is 4.78. The number of nitrogens with zero attached hydrogens (tertiary/aromatic N) is 1. The number of nitrogens with two attached hydrogens (primary N) is 1. The zero-order chi connectivity index (χ0) is 14.3. The monoisotopic (exact) mass is 268 g/mol. The minimum Gasteiger partial charge on any atom is -0.396 e. The second kappa shape index (κ2) is 8.25. The quantitative estimate of drug-likeness (QED) is 0.760. The molecule has 3 N–H and O–H groups in total. The van der Waals surface area contributed by atoms with Crippen molar-refractivity contribution in [1.82, 2.24) is 4.90 Å². The van der Waals surface area contributed by atoms with E-state index in [1.165, 1.54) is 6.07 Å². The summed E-state index contributed by atoms with van der Waals surface area (Å²) < 4.78 is 13.4. The molecule has 1 aromatic carbocycles. The molecule has 0 spiro atoms. The van der Waals surface area contributed by atoms with Crippen LogP contribution in [-0.2, 0) is 0 Å². The number of halogens is 1. The van der Waals surface area contributed by atoms with Gasteiger partial charge in [0.05, 0.1) is 0 Å². The van der Waals surface area contributed by atoms with Gasteiger partial charge in [-0.15, -0.1) is 0 Å². The number of hydrogen-bond donors (Lipinski definition) is 2. The van der Waals surface area contributed by atoms with Crippen LogP contribution in [0, 0.1) is 5.82 Å². The van der Waals surface area contributed by atoms with Crippen molar-refractivity contribution in [3.05, 3.63) is 35.6 Å². The molecule has 2 unspecified atom stereocenters. The summed E-state index contributed by atoms with van der Waals surface area (Å²) in [4.78, 5) is 2.21. The predicted molar refractivity (Wildman–Crippen MR) is 76.4 cm³/mol. The zero-order valence-corrected chi connectivity index (χ0v) is 11.8. The van der Waals surface area contributed by atoms with E-state index in [0.29, 0.717) is 6.42 Å². The molecule has 3 nitrogen and oxygen atoms in total. The first-order chi connectivity index (χ1) is 9.13. The highest BCUT2D eigenvalue weighted by Crippen LogP contribution is 2.25. The summed E-state index contributed by atoms with van der Waals surface area (Å²) in [6.45, 7) is 5.85. The van der Waals surface area contributed by atoms with Crippen molar-refractivity contribution >= 4 is 0 Å². The van der Waals surface area contributed by atoms with Gasteiger partial charge >= 0.3 is 0 Å². The molecule has 0 saturated carbocycles. The number of likely N-dealkylation sites (N-methyl/N-ethyl adjacent to an activating group) is 1. The number of hydrogen-bond acceptors (Lipinski definition) is 3. The first-order valence-electron chi connectivity index (χ1n) is 7.00. The molecule has 0 heterocycles. The van der Waals surface area contributed by atoms with Crippen molar-refractivity contribution in [1.29, 1.82) is 0 Å². The summed E-state index contributed by atoms with van der Waals surface area (Å²) in [5, 5.41) is 8.99. The fourth-order valence-electron chi connectivity index (χ4n) is 2.41. The summed E-state index contributed by atoms with van der Waals surface area (Å²) in [7, 11) is 0. The average molecular weight is 268 g/mol. The van der Waals surface area contributed by atoms with Gasteiger partial charge in [-0.1, -0.05) is 26.0 Å². The van der Waals surface area contributed by atoms with Crippen LogP contribution in [0.2, 0.25) is 0 Å². The molecule has 1 rings (SSSR count). The van der Waals surface area contributed by atoms with Gasteiger partial charge in [0.1, 0.15) is 5.82 Å². The Hall–Kier alpha value is -0.970. The number of rotatable bonds is 8. The SMILES string of the molecule is CCC(N)C(c1cccc(F)c1)N(CC)CCCO. The Morgan fingerprint density at radius 2 is 2.11 bits per heavy atom. The molecule has 0 aromatic heterocycles. The maximum Gasteiger partial charge on any atom is 0.123 e. The topological polar surface area (TPSA) is 49.5 Å². The van der Waals surface area contributed by atoms with Crippen LogP contribution in [0.15, 0.2) is 24.3 Å². The second-order valence-corrected chi connectivity index (χ2v) is 4.78. The van der Waals surface area contributed by atoms with Crippen LogP contribution < -0.4 is 5.73 Å². The van der Waals surface area contributed by atoms with Crippen LogP contribution in [0.4, 0.5) is 4.39 Å². The highest BCUT2D eigenvalue weighted by molar-refractivity contribution is 5.22. The van der Waals surface area contributed by atoms with Gasteiger partial charge in [-0.3, -0.25) is 4.90 Å². The van der Waals surface area contributed by atoms with Crippen molar-refractivity contribution in [3.8, 4) is 0 Å². The fraction of sp³-hybridized carbons (Fsp3) is 0.600. The summed E-state index contributed by atoms with van der Waals surface area (Å²) in [5.41, 5.74) is 7.13. The van der Waals surface area contributed by atoms with E-state index in [4.69, 9.17) is 10.8 Å². The molecule has 0 aliphatic rings. The summed E-state index contributed by atoms with van der Waals surface area (Å²) in [5.74, 6) is -0.232. The maximum absolute atomic E-state index is 13.4. The molecule has 0 bridgehead atoms. The third kappa shape index (κ3) is 4.56. The van der Waals surface area contributed by atoms with E-state index in [1.807, 2.05) is 13.0 Å². The Morgan fingerprint density at radius 3 is 2.63 bits per heavy atom. The van der Waals surface area contributed by atoms with Crippen LogP contribution >= 0.6 is 0 Å². The van der Waals surface area contributed by atoms with Crippen molar-refractivity contribution in [2.75, 3.05) is 19.7 Å². The van der Waals surface area contributed by atoms with Crippen LogP contribution in [0.25, 0.3) is 0 Å².